The quantitative estimate of drug-likeness (QED) is 0.766. The lowest BCUT2D eigenvalue weighted by Crippen LogP contribution is -2.53. The normalized spacial score (nSPS) is 26.3. The first kappa shape index (κ1) is 21.4. The second-order valence-electron chi connectivity index (χ2n) is 8.78. The Morgan fingerprint density at radius 1 is 1.09 bits per heavy atom. The topological polar surface area (TPSA) is 80.5 Å². The second kappa shape index (κ2) is 8.47. The largest absolute Gasteiger partial charge is 0.471 e. The molecule has 1 N–H and O–H groups in total. The third-order valence-electron chi connectivity index (χ3n) is 6.63. The highest BCUT2D eigenvalue weighted by Gasteiger charge is 2.39. The van der Waals surface area contributed by atoms with Crippen molar-refractivity contribution in [2.24, 2.45) is 0 Å². The van der Waals surface area contributed by atoms with E-state index in [1.807, 2.05) is 12.1 Å². The van der Waals surface area contributed by atoms with E-state index in [2.05, 4.69) is 24.9 Å². The lowest BCUT2D eigenvalue weighted by Gasteiger charge is -2.38. The number of carbonyl (C=O) groups is 1. The van der Waals surface area contributed by atoms with Crippen LogP contribution >= 0.6 is 0 Å². The van der Waals surface area contributed by atoms with E-state index in [9.17, 15) is 18.0 Å². The molecule has 1 saturated carbocycles. The summed E-state index contributed by atoms with van der Waals surface area (Å²) in [6.07, 6.45) is 0.806. The van der Waals surface area contributed by atoms with Crippen LogP contribution in [0.2, 0.25) is 0 Å². The number of amides is 1. The van der Waals surface area contributed by atoms with Crippen LogP contribution in [0.5, 0.6) is 0 Å². The molecule has 1 aromatic carbocycles. The highest BCUT2D eigenvalue weighted by atomic mass is 19.4. The predicted molar refractivity (Wildman–Crippen MR) is 107 cm³/mol. The molecule has 10 heteroatoms. The third-order valence-corrected chi connectivity index (χ3v) is 6.63. The molecule has 0 bridgehead atoms. The number of rotatable bonds is 4. The molecule has 3 aliphatic rings. The van der Waals surface area contributed by atoms with Crippen LogP contribution in [0.4, 0.5) is 13.2 Å². The third kappa shape index (κ3) is 4.25. The van der Waals surface area contributed by atoms with Gasteiger partial charge in [-0.1, -0.05) is 30.1 Å². The number of carbonyl (C=O) groups excluding carboxylic acids is 1. The number of alkyl halides is 3. The van der Waals surface area contributed by atoms with E-state index in [-0.39, 0.29) is 29.9 Å². The number of nitrogens with zero attached hydrogens (tertiary/aromatic N) is 3. The molecule has 32 heavy (non-hydrogen) atoms. The van der Waals surface area contributed by atoms with Gasteiger partial charge in [0.05, 0.1) is 0 Å². The van der Waals surface area contributed by atoms with Gasteiger partial charge in [0.2, 0.25) is 11.7 Å². The van der Waals surface area contributed by atoms with E-state index < -0.39 is 12.1 Å². The average Bonchev–Trinajstić information content (AvgIpc) is 3.53. The standard InChI is InChI=1S/C22H25F3N4O3/c23-22(24,25)21-27-19(28-32-21)13-7-8-14-11-29(12-15(14)10-13)17-5-2-1-4-16(17)26-20(30)18-6-3-9-31-18/h7-8,10,16-18H,1-6,9,11-12H2,(H,26,30)/t16-,17-,18?/m1/s1. The lowest BCUT2D eigenvalue weighted by atomic mass is 9.89. The van der Waals surface area contributed by atoms with Gasteiger partial charge in [-0.25, -0.2) is 0 Å². The lowest BCUT2D eigenvalue weighted by molar-refractivity contribution is -0.159. The van der Waals surface area contributed by atoms with Gasteiger partial charge >= 0.3 is 12.1 Å². The van der Waals surface area contributed by atoms with Crippen LogP contribution in [0.1, 0.15) is 55.5 Å². The number of ether oxygens (including phenoxy) is 1. The Bertz CT molecular complexity index is 987. The fraction of sp³-hybridized carbons (Fsp3) is 0.591. The van der Waals surface area contributed by atoms with Gasteiger partial charge in [-0.05, 0) is 42.9 Å². The smallest absolute Gasteiger partial charge is 0.368 e. The number of benzene rings is 1. The van der Waals surface area contributed by atoms with Gasteiger partial charge < -0.3 is 14.6 Å². The van der Waals surface area contributed by atoms with Gasteiger partial charge in [-0.2, -0.15) is 18.2 Å². The number of hydrogen-bond donors (Lipinski definition) is 1. The number of halogens is 3. The minimum atomic E-state index is -4.66. The Morgan fingerprint density at radius 3 is 2.66 bits per heavy atom. The Balaban J connectivity index is 1.29. The van der Waals surface area contributed by atoms with Crippen molar-refractivity contribution in [3.8, 4) is 11.4 Å². The summed E-state index contributed by atoms with van der Waals surface area (Å²) in [5, 5.41) is 6.71. The first-order chi connectivity index (χ1) is 15.4. The summed E-state index contributed by atoms with van der Waals surface area (Å²) in [5.41, 5.74) is 2.66. The molecule has 3 heterocycles. The van der Waals surface area contributed by atoms with Crippen molar-refractivity contribution >= 4 is 5.91 Å². The van der Waals surface area contributed by atoms with Crippen molar-refractivity contribution in [2.75, 3.05) is 6.61 Å². The predicted octanol–water partition coefficient (Wildman–Crippen LogP) is 3.68. The molecule has 1 unspecified atom stereocenters. The zero-order valence-corrected chi connectivity index (χ0v) is 17.5. The van der Waals surface area contributed by atoms with Gasteiger partial charge in [0.15, 0.2) is 0 Å². The van der Waals surface area contributed by atoms with Crippen LogP contribution in [-0.2, 0) is 28.8 Å². The number of hydrogen-bond acceptors (Lipinski definition) is 6. The highest BCUT2D eigenvalue weighted by molar-refractivity contribution is 5.81. The summed E-state index contributed by atoms with van der Waals surface area (Å²) in [5.74, 6) is -1.43. The zero-order chi connectivity index (χ0) is 22.3. The molecule has 2 aliphatic heterocycles. The minimum Gasteiger partial charge on any atom is -0.368 e. The molecule has 0 spiro atoms. The van der Waals surface area contributed by atoms with E-state index in [4.69, 9.17) is 4.74 Å². The van der Waals surface area contributed by atoms with Gasteiger partial charge in [0, 0.05) is 37.3 Å². The van der Waals surface area contributed by atoms with Crippen molar-refractivity contribution in [1.82, 2.24) is 20.4 Å². The molecule has 0 radical (unpaired) electrons. The summed E-state index contributed by atoms with van der Waals surface area (Å²) in [4.78, 5) is 18.5. The molecule has 1 aliphatic carbocycles. The molecule has 1 aromatic heterocycles. The maximum Gasteiger partial charge on any atom is 0.471 e. The molecule has 5 rings (SSSR count). The van der Waals surface area contributed by atoms with Crippen LogP contribution in [0, 0.1) is 0 Å². The van der Waals surface area contributed by atoms with E-state index >= 15 is 0 Å². The minimum absolute atomic E-state index is 0.0176. The first-order valence-electron chi connectivity index (χ1n) is 11.1. The van der Waals surface area contributed by atoms with Gasteiger partial charge in [0.25, 0.3) is 0 Å². The molecule has 1 saturated heterocycles. The van der Waals surface area contributed by atoms with Gasteiger partial charge in [0.1, 0.15) is 6.10 Å². The Kier molecular flexibility index (Phi) is 5.66. The van der Waals surface area contributed by atoms with Crippen LogP contribution in [0.15, 0.2) is 22.7 Å². The Labute approximate surface area is 183 Å². The van der Waals surface area contributed by atoms with Crippen molar-refractivity contribution < 1.29 is 27.2 Å². The van der Waals surface area contributed by atoms with Gasteiger partial charge in [-0.3, -0.25) is 9.69 Å². The van der Waals surface area contributed by atoms with E-state index in [0.29, 0.717) is 18.7 Å². The zero-order valence-electron chi connectivity index (χ0n) is 17.5. The van der Waals surface area contributed by atoms with Crippen molar-refractivity contribution in [2.45, 2.75) is 76.0 Å². The van der Waals surface area contributed by atoms with Gasteiger partial charge in [-0.15, -0.1) is 0 Å². The molecule has 1 amide bonds. The first-order valence-corrected chi connectivity index (χ1v) is 11.1. The van der Waals surface area contributed by atoms with Crippen molar-refractivity contribution in [3.05, 3.63) is 35.2 Å². The highest BCUT2D eigenvalue weighted by Crippen LogP contribution is 2.34. The maximum absolute atomic E-state index is 12.8. The van der Waals surface area contributed by atoms with Crippen LogP contribution in [0.25, 0.3) is 11.4 Å². The number of nitrogens with one attached hydrogen (secondary N) is 1. The van der Waals surface area contributed by atoms with Crippen LogP contribution < -0.4 is 5.32 Å². The Hall–Kier alpha value is -2.46. The fourth-order valence-corrected chi connectivity index (χ4v) is 5.03. The molecule has 2 aromatic rings. The molecule has 172 valence electrons. The van der Waals surface area contributed by atoms with E-state index in [0.717, 1.165) is 56.2 Å². The van der Waals surface area contributed by atoms with Crippen molar-refractivity contribution in [1.29, 1.82) is 0 Å². The molecule has 2 fully saturated rings. The monoisotopic (exact) mass is 450 g/mol. The summed E-state index contributed by atoms with van der Waals surface area (Å²) in [7, 11) is 0. The maximum atomic E-state index is 12.8. The number of aromatic nitrogens is 2. The number of fused-ring (bicyclic) bond motifs is 1. The molecule has 7 nitrogen and oxygen atoms in total. The Morgan fingerprint density at radius 2 is 1.91 bits per heavy atom. The summed E-state index contributed by atoms with van der Waals surface area (Å²) < 4.78 is 48.2. The van der Waals surface area contributed by atoms with Crippen LogP contribution in [-0.4, -0.2) is 45.7 Å². The molecular formula is C22H25F3N4O3. The summed E-state index contributed by atoms with van der Waals surface area (Å²) >= 11 is 0. The van der Waals surface area contributed by atoms with Crippen molar-refractivity contribution in [3.63, 3.8) is 0 Å². The summed E-state index contributed by atoms with van der Waals surface area (Å²) in [6.45, 7) is 2.05. The van der Waals surface area contributed by atoms with E-state index in [1.54, 1.807) is 6.07 Å². The summed E-state index contributed by atoms with van der Waals surface area (Å²) in [6, 6.07) is 5.76. The molecular weight excluding hydrogens is 425 g/mol. The fourth-order valence-electron chi connectivity index (χ4n) is 5.03. The SMILES string of the molecule is O=C(N[C@@H]1CCCC[C@H]1N1Cc2ccc(-c3noc(C(F)(F)F)n3)cc2C1)C1CCCO1. The van der Waals surface area contributed by atoms with E-state index in [1.165, 1.54) is 0 Å². The second-order valence-corrected chi connectivity index (χ2v) is 8.78. The average molecular weight is 450 g/mol. The molecule has 3 atom stereocenters. The van der Waals surface area contributed by atoms with Crippen LogP contribution in [0.3, 0.4) is 0 Å².